The molecule has 0 radical (unpaired) electrons. The molecule has 4 saturated carbocycles. The molecule has 6 rings (SSSR count). The average molecular weight is 561 g/mol. The van der Waals surface area contributed by atoms with E-state index in [1.807, 2.05) is 0 Å². The van der Waals surface area contributed by atoms with E-state index >= 15 is 0 Å². The van der Waals surface area contributed by atoms with Gasteiger partial charge in [0.25, 0.3) is 0 Å². The smallest absolute Gasteiger partial charge is 0.333 e. The molecule has 0 amide bonds. The van der Waals surface area contributed by atoms with Gasteiger partial charge in [-0.15, -0.1) is 0 Å². The van der Waals surface area contributed by atoms with E-state index in [9.17, 15) is 4.79 Å². The van der Waals surface area contributed by atoms with Crippen molar-refractivity contribution in [2.75, 3.05) is 26.4 Å². The lowest BCUT2D eigenvalue weighted by Crippen LogP contribution is -2.68. The van der Waals surface area contributed by atoms with Crippen molar-refractivity contribution in [3.8, 4) is 0 Å². The van der Waals surface area contributed by atoms with E-state index in [1.54, 1.807) is 6.92 Å². The molecule has 40 heavy (non-hydrogen) atoms. The molecule has 0 aromatic heterocycles. The van der Waals surface area contributed by atoms with E-state index in [0.717, 1.165) is 90.6 Å². The fraction of sp³-hybridized carbons (Fsp3) is 0.912. The van der Waals surface area contributed by atoms with E-state index in [2.05, 4.69) is 20.4 Å². The van der Waals surface area contributed by atoms with E-state index in [4.69, 9.17) is 23.7 Å². The van der Waals surface area contributed by atoms with Gasteiger partial charge in [-0.1, -0.05) is 46.1 Å². The minimum absolute atomic E-state index is 0.0854. The Labute approximate surface area is 243 Å². The van der Waals surface area contributed by atoms with E-state index in [-0.39, 0.29) is 28.4 Å². The van der Waals surface area contributed by atoms with Gasteiger partial charge in [0.1, 0.15) is 5.60 Å². The first-order valence-corrected chi connectivity index (χ1v) is 16.6. The minimum Gasteiger partial charge on any atom is -0.455 e. The minimum atomic E-state index is -0.506. The molecule has 4 bridgehead atoms. The van der Waals surface area contributed by atoms with Crippen LogP contribution in [-0.4, -0.2) is 60.4 Å². The van der Waals surface area contributed by atoms with Crippen molar-refractivity contribution in [2.24, 2.45) is 5.92 Å². The molecular formula is C34H56O6. The van der Waals surface area contributed by atoms with Crippen LogP contribution in [0, 0.1) is 5.92 Å². The van der Waals surface area contributed by atoms with Crippen molar-refractivity contribution in [1.82, 2.24) is 0 Å². The van der Waals surface area contributed by atoms with Crippen LogP contribution < -0.4 is 0 Å². The molecule has 0 spiro atoms. The average Bonchev–Trinajstić information content (AvgIpc) is 2.85. The van der Waals surface area contributed by atoms with E-state index in [1.165, 1.54) is 51.4 Å². The molecule has 6 fully saturated rings. The van der Waals surface area contributed by atoms with Gasteiger partial charge in [0.05, 0.1) is 35.6 Å². The molecule has 0 N–H and O–H groups in total. The summed E-state index contributed by atoms with van der Waals surface area (Å²) in [5, 5.41) is 0. The highest BCUT2D eigenvalue weighted by Gasteiger charge is 2.66. The van der Waals surface area contributed by atoms with Crippen LogP contribution >= 0.6 is 0 Å². The monoisotopic (exact) mass is 560 g/mol. The van der Waals surface area contributed by atoms with E-state index < -0.39 is 5.60 Å². The molecule has 228 valence electrons. The normalized spacial score (nSPS) is 39.5. The lowest BCUT2D eigenvalue weighted by atomic mass is 9.50. The number of rotatable bonds is 18. The van der Waals surface area contributed by atoms with Crippen LogP contribution in [0.4, 0.5) is 0 Å². The van der Waals surface area contributed by atoms with Gasteiger partial charge in [-0.2, -0.15) is 0 Å². The fourth-order valence-electron chi connectivity index (χ4n) is 9.08. The van der Waals surface area contributed by atoms with Gasteiger partial charge in [0.15, 0.2) is 0 Å². The highest BCUT2D eigenvalue weighted by molar-refractivity contribution is 5.87. The third-order valence-corrected chi connectivity index (χ3v) is 10.8. The maximum Gasteiger partial charge on any atom is 0.333 e. The summed E-state index contributed by atoms with van der Waals surface area (Å²) >= 11 is 0. The summed E-state index contributed by atoms with van der Waals surface area (Å²) in [6.45, 7) is 13.4. The summed E-state index contributed by atoms with van der Waals surface area (Å²) in [5.74, 6) is 0.193. The molecule has 4 atom stereocenters. The van der Waals surface area contributed by atoms with Crippen molar-refractivity contribution in [1.29, 1.82) is 0 Å². The first-order valence-electron chi connectivity index (χ1n) is 16.6. The second-order valence-electron chi connectivity index (χ2n) is 14.4. The third kappa shape index (κ3) is 6.66. The molecule has 4 aliphatic carbocycles. The quantitative estimate of drug-likeness (QED) is 0.0976. The molecular weight excluding hydrogens is 504 g/mol. The number of unbranched alkanes of at least 4 members (excludes halogenated alkanes) is 2. The van der Waals surface area contributed by atoms with Crippen molar-refractivity contribution >= 4 is 5.97 Å². The molecule has 6 heteroatoms. The highest BCUT2D eigenvalue weighted by Crippen LogP contribution is 2.63. The number of hydrogen-bond donors (Lipinski definition) is 0. The lowest BCUT2D eigenvalue weighted by molar-refractivity contribution is -0.285. The number of hydrogen-bond acceptors (Lipinski definition) is 6. The first kappa shape index (κ1) is 30.5. The topological polar surface area (TPSA) is 63.2 Å². The molecule has 0 aromatic rings. The van der Waals surface area contributed by atoms with Crippen LogP contribution in [0.3, 0.4) is 0 Å². The van der Waals surface area contributed by atoms with Gasteiger partial charge < -0.3 is 23.7 Å². The zero-order valence-corrected chi connectivity index (χ0v) is 25.8. The van der Waals surface area contributed by atoms with Gasteiger partial charge in [0, 0.05) is 38.0 Å². The van der Waals surface area contributed by atoms with Crippen LogP contribution in [0.1, 0.15) is 136 Å². The standard InChI is InChI=1S/C34H56O6/c1-5-7-11-30(15-19-38-30)13-9-17-36-32-21-28-22-33(24-32,26-34(23-28,25-32)40-29(35)27(3)4)37-18-10-14-31(12-8-6-2)16-20-39-31/h28H,3,5-26H2,1-2,4H3. The summed E-state index contributed by atoms with van der Waals surface area (Å²) in [6.07, 6.45) is 19.3. The molecule has 2 aliphatic heterocycles. The van der Waals surface area contributed by atoms with Crippen molar-refractivity contribution in [2.45, 2.75) is 164 Å². The summed E-state index contributed by atoms with van der Waals surface area (Å²) < 4.78 is 32.2. The second kappa shape index (κ2) is 12.3. The zero-order chi connectivity index (χ0) is 28.3. The number of carbonyl (C=O) groups excluding carboxylic acids is 1. The van der Waals surface area contributed by atoms with Gasteiger partial charge in [-0.05, 0) is 83.5 Å². The van der Waals surface area contributed by atoms with Gasteiger partial charge in [0.2, 0.25) is 0 Å². The largest absolute Gasteiger partial charge is 0.455 e. The molecule has 4 unspecified atom stereocenters. The summed E-state index contributed by atoms with van der Waals surface area (Å²) in [7, 11) is 0. The third-order valence-electron chi connectivity index (χ3n) is 10.8. The number of esters is 1. The fourth-order valence-corrected chi connectivity index (χ4v) is 9.08. The Balaban J connectivity index is 1.21. The summed E-state index contributed by atoms with van der Waals surface area (Å²) in [6, 6.07) is 0. The van der Waals surface area contributed by atoms with Crippen LogP contribution in [-0.2, 0) is 28.5 Å². The Morgan fingerprint density at radius 3 is 1.57 bits per heavy atom. The summed E-state index contributed by atoms with van der Waals surface area (Å²) in [4.78, 5) is 12.8. The van der Waals surface area contributed by atoms with Crippen molar-refractivity contribution in [3.05, 3.63) is 12.2 Å². The van der Waals surface area contributed by atoms with Crippen molar-refractivity contribution in [3.63, 3.8) is 0 Å². The number of carbonyl (C=O) groups is 1. The zero-order valence-electron chi connectivity index (χ0n) is 25.8. The summed E-state index contributed by atoms with van der Waals surface area (Å²) in [5.41, 5.74) is -0.411. The molecule has 6 nitrogen and oxygen atoms in total. The van der Waals surface area contributed by atoms with Gasteiger partial charge in [-0.25, -0.2) is 4.79 Å². The molecule has 2 saturated heterocycles. The van der Waals surface area contributed by atoms with Crippen LogP contribution in [0.2, 0.25) is 0 Å². The number of ether oxygens (including phenoxy) is 5. The van der Waals surface area contributed by atoms with Gasteiger partial charge >= 0.3 is 5.97 Å². The molecule has 0 aromatic carbocycles. The van der Waals surface area contributed by atoms with Crippen molar-refractivity contribution < 1.29 is 28.5 Å². The SMILES string of the molecule is C=C(C)C(=O)OC12CC3CC(OCCCC4(CCCC)CCO4)(CC(OCCCC4(CCCC)CCO4)(C3)C1)C2. The Morgan fingerprint density at radius 2 is 1.18 bits per heavy atom. The van der Waals surface area contributed by atoms with E-state index in [0.29, 0.717) is 11.5 Å². The lowest BCUT2D eigenvalue weighted by Gasteiger charge is -2.64. The van der Waals surface area contributed by atoms with Gasteiger partial charge in [-0.3, -0.25) is 0 Å². The maximum absolute atomic E-state index is 12.8. The Hall–Kier alpha value is -0.950. The Morgan fingerprint density at radius 1 is 0.750 bits per heavy atom. The predicted molar refractivity (Wildman–Crippen MR) is 156 cm³/mol. The first-order chi connectivity index (χ1) is 19.2. The molecule has 2 heterocycles. The maximum atomic E-state index is 12.8. The predicted octanol–water partition coefficient (Wildman–Crippen LogP) is 7.61. The van der Waals surface area contributed by atoms with Crippen LogP contribution in [0.15, 0.2) is 12.2 Å². The highest BCUT2D eigenvalue weighted by atomic mass is 16.6. The van der Waals surface area contributed by atoms with Crippen LogP contribution in [0.5, 0.6) is 0 Å². The Bertz CT molecular complexity index is 839. The Kier molecular flexibility index (Phi) is 9.41. The second-order valence-corrected chi connectivity index (χ2v) is 14.4. The van der Waals surface area contributed by atoms with Crippen LogP contribution in [0.25, 0.3) is 0 Å². The molecule has 6 aliphatic rings.